The van der Waals surface area contributed by atoms with Gasteiger partial charge in [0.25, 0.3) is 0 Å². The predicted octanol–water partition coefficient (Wildman–Crippen LogP) is 4.93. The van der Waals surface area contributed by atoms with E-state index in [1.54, 1.807) is 0 Å². The van der Waals surface area contributed by atoms with E-state index in [0.29, 0.717) is 6.42 Å². The average molecular weight is 277 g/mol. The van der Waals surface area contributed by atoms with Crippen molar-refractivity contribution in [1.29, 1.82) is 0 Å². The molecular weight excluding hydrogens is 258 g/mol. The van der Waals surface area contributed by atoms with Gasteiger partial charge in [0.1, 0.15) is 0 Å². The Kier molecular flexibility index (Phi) is 3.70. The molecule has 0 spiro atoms. The largest absolute Gasteiger partial charge is 0.294 e. The quantitative estimate of drug-likeness (QED) is 0.500. The Balaban J connectivity index is 2.25. The first-order chi connectivity index (χ1) is 10.2. The zero-order chi connectivity index (χ0) is 14.8. The van der Waals surface area contributed by atoms with Gasteiger partial charge in [0.2, 0.25) is 0 Å². The molecule has 2 aromatic carbocycles. The highest BCUT2D eigenvalue weighted by Gasteiger charge is 2.13. The van der Waals surface area contributed by atoms with Gasteiger partial charge in [0.15, 0.2) is 5.78 Å². The minimum atomic E-state index is 0.205. The number of aryl methyl sites for hydroxylation is 1. The van der Waals surface area contributed by atoms with Crippen molar-refractivity contribution in [3.8, 4) is 0 Å². The monoisotopic (exact) mass is 277 g/mol. The minimum absolute atomic E-state index is 0.205. The molecule has 0 amide bonds. The number of ketones is 1. The Morgan fingerprint density at radius 1 is 1.00 bits per heavy atom. The molecule has 0 bridgehead atoms. The minimum Gasteiger partial charge on any atom is -0.294 e. The van der Waals surface area contributed by atoms with E-state index in [2.05, 4.69) is 31.2 Å². The Hall–Kier alpha value is -2.22. The zero-order valence-electron chi connectivity index (χ0n) is 12.5. The fraction of sp³-hybridized carbons (Fsp3) is 0.263. The summed E-state index contributed by atoms with van der Waals surface area (Å²) in [6, 6.07) is 14.5. The molecule has 2 nitrogen and oxygen atoms in total. The van der Waals surface area contributed by atoms with Gasteiger partial charge in [-0.25, -0.2) is 0 Å². The molecule has 0 atom stereocenters. The molecule has 0 aliphatic heterocycles. The van der Waals surface area contributed by atoms with Crippen LogP contribution in [0.4, 0.5) is 0 Å². The molecule has 1 aromatic heterocycles. The summed E-state index contributed by atoms with van der Waals surface area (Å²) >= 11 is 0. The van der Waals surface area contributed by atoms with Gasteiger partial charge in [-0.2, -0.15) is 0 Å². The molecule has 0 fully saturated rings. The van der Waals surface area contributed by atoms with E-state index in [-0.39, 0.29) is 5.78 Å². The maximum atomic E-state index is 12.3. The third kappa shape index (κ3) is 2.54. The van der Waals surface area contributed by atoms with Gasteiger partial charge in [0.05, 0.1) is 11.2 Å². The predicted molar refractivity (Wildman–Crippen MR) is 87.9 cm³/mol. The number of fused-ring (bicyclic) bond motifs is 2. The van der Waals surface area contributed by atoms with Crippen molar-refractivity contribution in [3.05, 3.63) is 53.7 Å². The fourth-order valence-electron chi connectivity index (χ4n) is 2.78. The van der Waals surface area contributed by atoms with Crippen LogP contribution in [-0.4, -0.2) is 10.8 Å². The standard InChI is InChI=1S/C19H19NO/c1-3-7-19(21)16-11-15-10-13-8-5-6-9-14(13)12-18(15)20-17(16)4-2/h5-6,8-12H,3-4,7H2,1-2H3. The topological polar surface area (TPSA) is 30.0 Å². The second-order valence-corrected chi connectivity index (χ2v) is 5.40. The molecular formula is C19H19NO. The van der Waals surface area contributed by atoms with Crippen LogP contribution < -0.4 is 0 Å². The maximum absolute atomic E-state index is 12.3. The summed E-state index contributed by atoms with van der Waals surface area (Å²) in [6.07, 6.45) is 2.25. The molecule has 1 heterocycles. The molecule has 0 N–H and O–H groups in total. The number of aromatic nitrogens is 1. The summed E-state index contributed by atoms with van der Waals surface area (Å²) in [5.41, 5.74) is 2.68. The summed E-state index contributed by atoms with van der Waals surface area (Å²) < 4.78 is 0. The Bertz CT molecular complexity index is 820. The van der Waals surface area contributed by atoms with Gasteiger partial charge in [-0.1, -0.05) is 38.1 Å². The molecule has 0 saturated heterocycles. The smallest absolute Gasteiger partial charge is 0.164 e. The van der Waals surface area contributed by atoms with Crippen LogP contribution in [0.1, 0.15) is 42.7 Å². The summed E-state index contributed by atoms with van der Waals surface area (Å²) in [5.74, 6) is 0.205. The van der Waals surface area contributed by atoms with Gasteiger partial charge in [-0.15, -0.1) is 0 Å². The van der Waals surface area contributed by atoms with Crippen molar-refractivity contribution >= 4 is 27.5 Å². The number of carbonyl (C=O) groups excluding carboxylic acids is 1. The number of hydrogen-bond donors (Lipinski definition) is 0. The van der Waals surface area contributed by atoms with E-state index in [1.165, 1.54) is 10.8 Å². The summed E-state index contributed by atoms with van der Waals surface area (Å²) in [4.78, 5) is 17.0. The summed E-state index contributed by atoms with van der Waals surface area (Å²) in [6.45, 7) is 4.09. The van der Waals surface area contributed by atoms with E-state index >= 15 is 0 Å². The lowest BCUT2D eigenvalue weighted by Gasteiger charge is -2.09. The lowest BCUT2D eigenvalue weighted by atomic mass is 9.99. The second-order valence-electron chi connectivity index (χ2n) is 5.40. The number of pyridine rings is 1. The normalized spacial score (nSPS) is 11.1. The highest BCUT2D eigenvalue weighted by molar-refractivity contribution is 6.03. The van der Waals surface area contributed by atoms with Gasteiger partial charge >= 0.3 is 0 Å². The molecule has 3 rings (SSSR count). The van der Waals surface area contributed by atoms with Crippen molar-refractivity contribution < 1.29 is 4.79 Å². The number of nitrogens with zero attached hydrogens (tertiary/aromatic N) is 1. The van der Waals surface area contributed by atoms with Crippen LogP contribution in [-0.2, 0) is 6.42 Å². The SMILES string of the molecule is CCCC(=O)c1cc2cc3ccccc3cc2nc1CC. The number of hydrogen-bond acceptors (Lipinski definition) is 2. The highest BCUT2D eigenvalue weighted by Crippen LogP contribution is 2.24. The molecule has 106 valence electrons. The molecule has 0 aliphatic rings. The van der Waals surface area contributed by atoms with E-state index < -0.39 is 0 Å². The third-order valence-corrected chi connectivity index (χ3v) is 3.87. The van der Waals surface area contributed by atoms with Crippen molar-refractivity contribution in [2.75, 3.05) is 0 Å². The van der Waals surface area contributed by atoms with E-state index in [9.17, 15) is 4.79 Å². The van der Waals surface area contributed by atoms with Gasteiger partial charge in [0, 0.05) is 17.4 Å². The fourth-order valence-corrected chi connectivity index (χ4v) is 2.78. The van der Waals surface area contributed by atoms with E-state index in [1.807, 2.05) is 25.1 Å². The van der Waals surface area contributed by atoms with Crippen LogP contribution in [0.5, 0.6) is 0 Å². The Morgan fingerprint density at radius 2 is 1.71 bits per heavy atom. The number of benzene rings is 2. The van der Waals surface area contributed by atoms with Gasteiger partial charge in [-0.05, 0) is 41.8 Å². The average Bonchev–Trinajstić information content (AvgIpc) is 2.51. The Morgan fingerprint density at radius 3 is 2.38 bits per heavy atom. The van der Waals surface area contributed by atoms with Crippen LogP contribution in [0.2, 0.25) is 0 Å². The summed E-state index contributed by atoms with van der Waals surface area (Å²) in [5, 5.41) is 3.42. The molecule has 0 unspecified atom stereocenters. The van der Waals surface area contributed by atoms with Crippen molar-refractivity contribution in [2.24, 2.45) is 0 Å². The molecule has 2 heteroatoms. The molecule has 3 aromatic rings. The lowest BCUT2D eigenvalue weighted by Crippen LogP contribution is -2.05. The highest BCUT2D eigenvalue weighted by atomic mass is 16.1. The molecule has 21 heavy (non-hydrogen) atoms. The second kappa shape index (κ2) is 5.65. The Labute approximate surface area is 124 Å². The van der Waals surface area contributed by atoms with E-state index in [0.717, 1.165) is 35.0 Å². The molecule has 0 saturated carbocycles. The zero-order valence-corrected chi connectivity index (χ0v) is 12.5. The first-order valence-corrected chi connectivity index (χ1v) is 7.58. The summed E-state index contributed by atoms with van der Waals surface area (Å²) in [7, 11) is 0. The first kappa shape index (κ1) is 13.7. The number of carbonyl (C=O) groups is 1. The lowest BCUT2D eigenvalue weighted by molar-refractivity contribution is 0.0980. The maximum Gasteiger partial charge on any atom is 0.164 e. The van der Waals surface area contributed by atoms with Gasteiger partial charge in [-0.3, -0.25) is 9.78 Å². The first-order valence-electron chi connectivity index (χ1n) is 7.58. The van der Waals surface area contributed by atoms with E-state index in [4.69, 9.17) is 4.98 Å². The third-order valence-electron chi connectivity index (χ3n) is 3.87. The number of Topliss-reactive ketones (excluding diaryl/α,β-unsaturated/α-hetero) is 1. The van der Waals surface area contributed by atoms with Crippen molar-refractivity contribution in [2.45, 2.75) is 33.1 Å². The van der Waals surface area contributed by atoms with Crippen molar-refractivity contribution in [3.63, 3.8) is 0 Å². The van der Waals surface area contributed by atoms with Crippen molar-refractivity contribution in [1.82, 2.24) is 4.98 Å². The number of rotatable bonds is 4. The van der Waals surface area contributed by atoms with Crippen LogP contribution >= 0.6 is 0 Å². The molecule has 0 radical (unpaired) electrons. The molecule has 0 aliphatic carbocycles. The van der Waals surface area contributed by atoms with Crippen LogP contribution in [0.15, 0.2) is 42.5 Å². The van der Waals surface area contributed by atoms with Crippen LogP contribution in [0, 0.1) is 0 Å². The van der Waals surface area contributed by atoms with Gasteiger partial charge < -0.3 is 0 Å². The van der Waals surface area contributed by atoms with Crippen LogP contribution in [0.3, 0.4) is 0 Å². The van der Waals surface area contributed by atoms with Crippen LogP contribution in [0.25, 0.3) is 21.7 Å².